The average molecular weight is 248 g/mol. The summed E-state index contributed by atoms with van der Waals surface area (Å²) in [5.74, 6) is 0.850. The van der Waals surface area contributed by atoms with Crippen molar-refractivity contribution < 1.29 is 28.6 Å². The van der Waals surface area contributed by atoms with Gasteiger partial charge < -0.3 is 24.0 Å². The number of rotatable bonds is 3. The van der Waals surface area contributed by atoms with Crippen LogP contribution in [0.1, 0.15) is 0 Å². The van der Waals surface area contributed by atoms with Gasteiger partial charge in [0.05, 0.1) is 12.6 Å². The number of fused-ring (bicyclic) bond motifs is 2. The lowest BCUT2D eigenvalue weighted by Gasteiger charge is -2.27. The quantitative estimate of drug-likeness (QED) is 0.483. The number of ether oxygens (including phenoxy) is 3. The van der Waals surface area contributed by atoms with E-state index in [1.165, 1.54) is 13.2 Å². The van der Waals surface area contributed by atoms with Crippen LogP contribution in [-0.4, -0.2) is 55.2 Å². The Bertz CT molecular complexity index is 354. The maximum absolute atomic E-state index is 10.8. The Morgan fingerprint density at radius 2 is 2.31 bits per heavy atom. The van der Waals surface area contributed by atoms with Gasteiger partial charge in [-0.15, -0.1) is 0 Å². The summed E-state index contributed by atoms with van der Waals surface area (Å²) in [4.78, 5) is 17.6. The van der Waals surface area contributed by atoms with Crippen LogP contribution in [0.25, 0.3) is 0 Å². The minimum atomic E-state index is -4.18. The van der Waals surface area contributed by atoms with E-state index in [-0.39, 0.29) is 24.8 Å². The largest absolute Gasteiger partial charge is 0.375 e. The topological polar surface area (TPSA) is 85.2 Å². The Hall–Kier alpha value is -0.165. The summed E-state index contributed by atoms with van der Waals surface area (Å²) in [6.07, 6.45) is 0.877. The Morgan fingerprint density at radius 3 is 2.81 bits per heavy atom. The smallest absolute Gasteiger partial charge is 0.348 e. The van der Waals surface area contributed by atoms with Gasteiger partial charge in [-0.1, -0.05) is 0 Å². The van der Waals surface area contributed by atoms with Crippen molar-refractivity contribution in [2.45, 2.75) is 23.8 Å². The molecule has 0 radical (unpaired) electrons. The second-order valence-corrected chi connectivity index (χ2v) is 5.59. The summed E-state index contributed by atoms with van der Waals surface area (Å²) < 4.78 is 27.2. The predicted molar refractivity (Wildman–Crippen MR) is 57.9 cm³/mol. The Balaban J connectivity index is 2.24. The molecule has 2 fully saturated rings. The van der Waals surface area contributed by atoms with Gasteiger partial charge in [-0.2, -0.15) is 0 Å². The number of hydrogen-bond donors (Lipinski definition) is 2. The van der Waals surface area contributed by atoms with E-state index in [1.54, 1.807) is 0 Å². The van der Waals surface area contributed by atoms with Crippen LogP contribution in [0.15, 0.2) is 11.9 Å². The summed E-state index contributed by atoms with van der Waals surface area (Å²) in [5.41, 5.74) is -0.861. The molecule has 2 rings (SSSR count). The van der Waals surface area contributed by atoms with Crippen LogP contribution in [0.3, 0.4) is 0 Å². The minimum Gasteiger partial charge on any atom is -0.375 e. The highest BCUT2D eigenvalue weighted by Crippen LogP contribution is 2.44. The molecule has 0 aliphatic carbocycles. The lowest BCUT2D eigenvalue weighted by Crippen LogP contribution is -2.39. The van der Waals surface area contributed by atoms with Crippen LogP contribution in [-0.2, 0) is 18.8 Å². The van der Waals surface area contributed by atoms with Crippen molar-refractivity contribution in [2.75, 3.05) is 13.7 Å². The molecule has 6 nitrogen and oxygen atoms in total. The molecule has 2 aliphatic rings. The van der Waals surface area contributed by atoms with E-state index >= 15 is 0 Å². The van der Waals surface area contributed by atoms with Crippen molar-refractivity contribution in [2.24, 2.45) is 0 Å². The van der Waals surface area contributed by atoms with Crippen molar-refractivity contribution in [3.05, 3.63) is 11.9 Å². The molecule has 2 heterocycles. The molecule has 8 heteroatoms. The fourth-order valence-electron chi connectivity index (χ4n) is 2.31. The van der Waals surface area contributed by atoms with Gasteiger partial charge in [-0.05, 0) is 6.08 Å². The fraction of sp³-hybridized carbons (Fsp3) is 0.750. The number of methoxy groups -OCH3 is 1. The van der Waals surface area contributed by atoms with Crippen molar-refractivity contribution in [3.63, 3.8) is 0 Å². The van der Waals surface area contributed by atoms with E-state index in [9.17, 15) is 4.57 Å². The number of hydrogen-bond acceptors (Lipinski definition) is 4. The normalized spacial score (nSPS) is 43.3. The zero-order valence-electron chi connectivity index (χ0n) is 9.07. The molecule has 0 aromatic heterocycles. The van der Waals surface area contributed by atoms with Crippen molar-refractivity contribution in [3.8, 4) is 0 Å². The third-order valence-electron chi connectivity index (χ3n) is 2.95. The highest BCUT2D eigenvalue weighted by molar-refractivity contribution is 7.55. The molecule has 2 unspecified atom stereocenters. The van der Waals surface area contributed by atoms with Crippen molar-refractivity contribution in [1.82, 2.24) is 0 Å². The van der Waals surface area contributed by atoms with Gasteiger partial charge in [-0.3, -0.25) is 4.57 Å². The van der Waals surface area contributed by atoms with Crippen molar-refractivity contribution >= 4 is 15.4 Å². The maximum atomic E-state index is 10.8. The van der Waals surface area contributed by atoms with Crippen LogP contribution in [0.2, 0.25) is 0 Å². The van der Waals surface area contributed by atoms with Crippen LogP contribution in [0.5, 0.6) is 0 Å². The zero-order valence-corrected chi connectivity index (χ0v) is 9.96. The lowest BCUT2D eigenvalue weighted by molar-refractivity contribution is -0.0931. The first kappa shape index (κ1) is 12.3. The third kappa shape index (κ3) is 1.99. The molecule has 0 saturated carbocycles. The van der Waals surface area contributed by atoms with Gasteiger partial charge in [0.1, 0.15) is 25.7 Å². The van der Waals surface area contributed by atoms with E-state index < -0.39 is 13.2 Å². The molecular formula is C8H14BO6P. The highest BCUT2D eigenvalue weighted by atomic mass is 31.2. The second kappa shape index (κ2) is 3.94. The molecule has 2 bridgehead atoms. The van der Waals surface area contributed by atoms with Crippen LogP contribution in [0, 0.1) is 0 Å². The molecule has 2 aliphatic heterocycles. The van der Waals surface area contributed by atoms with E-state index in [2.05, 4.69) is 0 Å². The van der Waals surface area contributed by atoms with Gasteiger partial charge in [-0.25, -0.2) is 0 Å². The summed E-state index contributed by atoms with van der Waals surface area (Å²) in [6, 6.07) is -0.139. The maximum Gasteiger partial charge on any atom is 0.348 e. The molecule has 0 spiro atoms. The lowest BCUT2D eigenvalue weighted by atomic mass is 9.92. The van der Waals surface area contributed by atoms with Crippen LogP contribution < -0.4 is 0 Å². The summed E-state index contributed by atoms with van der Waals surface area (Å²) in [7, 11) is -0.798. The van der Waals surface area contributed by atoms with Crippen LogP contribution >= 0.6 is 7.60 Å². The summed E-state index contributed by atoms with van der Waals surface area (Å²) in [6.45, 7) is 0.261. The SMILES string of the molecule is B[C@@H]1O[C@@]2(/C=C/P(=O)(O)O)COC1C2OC. The molecule has 16 heavy (non-hydrogen) atoms. The first-order valence-corrected chi connectivity index (χ1v) is 6.64. The molecule has 4 atom stereocenters. The van der Waals surface area contributed by atoms with Gasteiger partial charge in [0.2, 0.25) is 0 Å². The van der Waals surface area contributed by atoms with Gasteiger partial charge in [0.25, 0.3) is 0 Å². The molecule has 0 amide bonds. The molecule has 2 N–H and O–H groups in total. The summed E-state index contributed by atoms with van der Waals surface area (Å²) >= 11 is 0. The van der Waals surface area contributed by atoms with E-state index in [4.69, 9.17) is 24.0 Å². The van der Waals surface area contributed by atoms with Gasteiger partial charge in [0, 0.05) is 12.9 Å². The first-order chi connectivity index (χ1) is 7.38. The molecule has 0 aromatic rings. The third-order valence-corrected chi connectivity index (χ3v) is 3.49. The van der Waals surface area contributed by atoms with E-state index in [0.29, 0.717) is 0 Å². The van der Waals surface area contributed by atoms with Crippen molar-refractivity contribution in [1.29, 1.82) is 0 Å². The molecule has 90 valence electrons. The monoisotopic (exact) mass is 248 g/mol. The van der Waals surface area contributed by atoms with Gasteiger partial charge in [0.15, 0.2) is 0 Å². The second-order valence-electron chi connectivity index (χ2n) is 4.11. The predicted octanol–water partition coefficient (Wildman–Crippen LogP) is -1.18. The zero-order chi connectivity index (χ0) is 12.0. The highest BCUT2D eigenvalue weighted by Gasteiger charge is 2.59. The Morgan fingerprint density at radius 1 is 1.62 bits per heavy atom. The minimum absolute atomic E-state index is 0.139. The summed E-state index contributed by atoms with van der Waals surface area (Å²) in [5, 5.41) is 0. The Kier molecular flexibility index (Phi) is 3.03. The first-order valence-electron chi connectivity index (χ1n) is 4.96. The fourth-order valence-corrected chi connectivity index (χ4v) is 2.76. The molecule has 0 aromatic carbocycles. The van der Waals surface area contributed by atoms with Gasteiger partial charge >= 0.3 is 7.60 Å². The molecular weight excluding hydrogens is 234 g/mol. The van der Waals surface area contributed by atoms with E-state index in [1.807, 2.05) is 7.85 Å². The Labute approximate surface area is 94.1 Å². The molecule has 2 saturated heterocycles. The average Bonchev–Trinajstić information content (AvgIpc) is 2.65. The van der Waals surface area contributed by atoms with Crippen LogP contribution in [0.4, 0.5) is 0 Å². The standard InChI is InChI=1S/C8H14BO6P/c1-13-6-5-7(9)15-8(6,4-14-5)2-3-16(10,11)12/h2-3,5-7H,4,9H2,1H3,(H2,10,11,12)/b3-2+/t5?,6?,7-,8+/m1/s1. The van der Waals surface area contributed by atoms with E-state index in [0.717, 1.165) is 5.82 Å².